The van der Waals surface area contributed by atoms with Crippen molar-refractivity contribution >= 4 is 10.0 Å². The van der Waals surface area contributed by atoms with E-state index in [0.717, 1.165) is 7.05 Å². The molecule has 0 aliphatic rings. The van der Waals surface area contributed by atoms with Gasteiger partial charge in [0.1, 0.15) is 0 Å². The summed E-state index contributed by atoms with van der Waals surface area (Å²) in [6.45, 7) is 1.08. The Balaban J connectivity index is 2.95. The van der Waals surface area contributed by atoms with Gasteiger partial charge in [-0.2, -0.15) is 13.2 Å². The van der Waals surface area contributed by atoms with Crippen LogP contribution in [0.4, 0.5) is 13.2 Å². The summed E-state index contributed by atoms with van der Waals surface area (Å²) in [5, 5.41) is 0. The van der Waals surface area contributed by atoms with Gasteiger partial charge in [0.05, 0.1) is 11.3 Å². The molecule has 0 saturated carbocycles. The molecular formula is C12H17F3N2O2S. The second kappa shape index (κ2) is 6.11. The number of halogens is 3. The van der Waals surface area contributed by atoms with Gasteiger partial charge < -0.3 is 5.73 Å². The third-order valence-corrected chi connectivity index (χ3v) is 4.66. The monoisotopic (exact) mass is 310 g/mol. The van der Waals surface area contributed by atoms with Crippen LogP contribution in [0.3, 0.4) is 0 Å². The predicted molar refractivity (Wildman–Crippen MR) is 69.5 cm³/mol. The van der Waals surface area contributed by atoms with Crippen molar-refractivity contribution in [2.45, 2.75) is 30.5 Å². The molecule has 1 aromatic carbocycles. The summed E-state index contributed by atoms with van der Waals surface area (Å²) in [7, 11) is -2.82. The Morgan fingerprint density at radius 1 is 1.35 bits per heavy atom. The fraction of sp³-hybridized carbons (Fsp3) is 0.500. The Kier molecular flexibility index (Phi) is 5.17. The van der Waals surface area contributed by atoms with Gasteiger partial charge >= 0.3 is 6.18 Å². The molecule has 0 aromatic heterocycles. The number of hydrogen-bond donors (Lipinski definition) is 1. The van der Waals surface area contributed by atoms with Crippen LogP contribution in [0, 0.1) is 0 Å². The average Bonchev–Trinajstić information content (AvgIpc) is 2.35. The van der Waals surface area contributed by atoms with Crippen molar-refractivity contribution in [1.82, 2.24) is 4.31 Å². The third-order valence-electron chi connectivity index (χ3n) is 2.80. The largest absolute Gasteiger partial charge is 0.390 e. The highest BCUT2D eigenvalue weighted by Crippen LogP contribution is 2.23. The molecule has 0 amide bonds. The summed E-state index contributed by atoms with van der Waals surface area (Å²) in [6, 6.07) is 5.54. The number of sulfonamides is 1. The van der Waals surface area contributed by atoms with Crippen molar-refractivity contribution < 1.29 is 21.6 Å². The highest BCUT2D eigenvalue weighted by Gasteiger charge is 2.30. The Morgan fingerprint density at radius 3 is 2.45 bits per heavy atom. The van der Waals surface area contributed by atoms with E-state index in [1.165, 1.54) is 18.2 Å². The SMILES string of the molecule is CC(N)c1cccc(S(=O)(=O)N(C)CCC(F)(F)F)c1. The van der Waals surface area contributed by atoms with Crippen LogP contribution < -0.4 is 5.73 Å². The Labute approximate surface area is 116 Å². The van der Waals surface area contributed by atoms with Gasteiger partial charge in [-0.05, 0) is 24.6 Å². The van der Waals surface area contributed by atoms with E-state index in [1.807, 2.05) is 0 Å². The molecule has 114 valence electrons. The minimum atomic E-state index is -4.39. The molecule has 0 heterocycles. The molecule has 0 bridgehead atoms. The van der Waals surface area contributed by atoms with Crippen molar-refractivity contribution in [3.63, 3.8) is 0 Å². The fourth-order valence-corrected chi connectivity index (χ4v) is 2.77. The van der Waals surface area contributed by atoms with Gasteiger partial charge in [0.2, 0.25) is 10.0 Å². The first-order valence-corrected chi connectivity index (χ1v) is 7.36. The molecule has 0 spiro atoms. The predicted octanol–water partition coefficient (Wildman–Crippen LogP) is 2.28. The van der Waals surface area contributed by atoms with Crippen LogP contribution in [0.5, 0.6) is 0 Å². The summed E-state index contributed by atoms with van der Waals surface area (Å²) in [6.07, 6.45) is -5.58. The van der Waals surface area contributed by atoms with E-state index in [2.05, 4.69) is 0 Å². The standard InChI is InChI=1S/C12H17F3N2O2S/c1-9(16)10-4-3-5-11(8-10)20(18,19)17(2)7-6-12(13,14)15/h3-5,8-9H,6-7,16H2,1-2H3. The van der Waals surface area contributed by atoms with E-state index in [1.54, 1.807) is 13.0 Å². The maximum absolute atomic E-state index is 12.1. The zero-order chi connectivity index (χ0) is 15.6. The first-order chi connectivity index (χ1) is 9.04. The first kappa shape index (κ1) is 16.9. The molecule has 4 nitrogen and oxygen atoms in total. The third kappa shape index (κ3) is 4.46. The highest BCUT2D eigenvalue weighted by atomic mass is 32.2. The van der Waals surface area contributed by atoms with Gasteiger partial charge in [0.25, 0.3) is 0 Å². The lowest BCUT2D eigenvalue weighted by molar-refractivity contribution is -0.135. The van der Waals surface area contributed by atoms with Crippen molar-refractivity contribution in [2.75, 3.05) is 13.6 Å². The highest BCUT2D eigenvalue weighted by molar-refractivity contribution is 7.89. The summed E-state index contributed by atoms with van der Waals surface area (Å²) >= 11 is 0. The second-order valence-electron chi connectivity index (χ2n) is 4.55. The quantitative estimate of drug-likeness (QED) is 0.907. The van der Waals surface area contributed by atoms with Crippen LogP contribution >= 0.6 is 0 Å². The second-order valence-corrected chi connectivity index (χ2v) is 6.60. The van der Waals surface area contributed by atoms with Crippen LogP contribution in [-0.4, -0.2) is 32.5 Å². The number of nitrogens with two attached hydrogens (primary N) is 1. The van der Waals surface area contributed by atoms with Crippen LogP contribution in [0.2, 0.25) is 0 Å². The topological polar surface area (TPSA) is 63.4 Å². The van der Waals surface area contributed by atoms with Crippen LogP contribution in [0.1, 0.15) is 24.9 Å². The smallest absolute Gasteiger partial charge is 0.324 e. The number of rotatable bonds is 5. The first-order valence-electron chi connectivity index (χ1n) is 5.92. The summed E-state index contributed by atoms with van der Waals surface area (Å²) in [5.74, 6) is 0. The molecular weight excluding hydrogens is 293 g/mol. The van der Waals surface area contributed by atoms with E-state index in [0.29, 0.717) is 9.87 Å². The van der Waals surface area contributed by atoms with Gasteiger partial charge in [-0.15, -0.1) is 0 Å². The van der Waals surface area contributed by atoms with Crippen molar-refractivity contribution in [3.8, 4) is 0 Å². The number of nitrogens with zero attached hydrogens (tertiary/aromatic N) is 1. The van der Waals surface area contributed by atoms with E-state index in [-0.39, 0.29) is 10.9 Å². The molecule has 1 unspecified atom stereocenters. The zero-order valence-electron chi connectivity index (χ0n) is 11.2. The van der Waals surface area contributed by atoms with E-state index in [4.69, 9.17) is 5.73 Å². The summed E-state index contributed by atoms with van der Waals surface area (Å²) < 4.78 is 61.4. The Hall–Kier alpha value is -1.12. The van der Waals surface area contributed by atoms with Gasteiger partial charge in [-0.3, -0.25) is 0 Å². The average molecular weight is 310 g/mol. The molecule has 20 heavy (non-hydrogen) atoms. The molecule has 0 aliphatic carbocycles. The molecule has 1 aromatic rings. The van der Waals surface area contributed by atoms with E-state index >= 15 is 0 Å². The molecule has 0 aliphatic heterocycles. The molecule has 0 fully saturated rings. The normalized spacial score (nSPS) is 14.6. The zero-order valence-corrected chi connectivity index (χ0v) is 12.0. The van der Waals surface area contributed by atoms with Crippen molar-refractivity contribution in [2.24, 2.45) is 5.73 Å². The Bertz CT molecular complexity index is 556. The number of alkyl halides is 3. The summed E-state index contributed by atoms with van der Waals surface area (Å²) in [5.41, 5.74) is 6.27. The fourth-order valence-electron chi connectivity index (χ4n) is 1.54. The van der Waals surface area contributed by atoms with Gasteiger partial charge in [-0.1, -0.05) is 12.1 Å². The molecule has 8 heteroatoms. The lowest BCUT2D eigenvalue weighted by Crippen LogP contribution is -2.30. The lowest BCUT2D eigenvalue weighted by atomic mass is 10.1. The Morgan fingerprint density at radius 2 is 1.95 bits per heavy atom. The lowest BCUT2D eigenvalue weighted by Gasteiger charge is -2.18. The molecule has 0 saturated heterocycles. The molecule has 1 atom stereocenters. The molecule has 0 radical (unpaired) electrons. The minimum Gasteiger partial charge on any atom is -0.324 e. The van der Waals surface area contributed by atoms with Crippen molar-refractivity contribution in [3.05, 3.63) is 29.8 Å². The van der Waals surface area contributed by atoms with Gasteiger partial charge in [0.15, 0.2) is 0 Å². The van der Waals surface area contributed by atoms with Gasteiger partial charge in [-0.25, -0.2) is 12.7 Å². The van der Waals surface area contributed by atoms with Crippen LogP contribution in [-0.2, 0) is 10.0 Å². The van der Waals surface area contributed by atoms with E-state index < -0.39 is 29.2 Å². The van der Waals surface area contributed by atoms with Crippen LogP contribution in [0.25, 0.3) is 0 Å². The molecule has 1 rings (SSSR count). The van der Waals surface area contributed by atoms with E-state index in [9.17, 15) is 21.6 Å². The van der Waals surface area contributed by atoms with Gasteiger partial charge in [0, 0.05) is 19.6 Å². The number of hydrogen-bond acceptors (Lipinski definition) is 3. The van der Waals surface area contributed by atoms with Crippen molar-refractivity contribution in [1.29, 1.82) is 0 Å². The van der Waals surface area contributed by atoms with Crippen LogP contribution in [0.15, 0.2) is 29.2 Å². The summed E-state index contributed by atoms with van der Waals surface area (Å²) in [4.78, 5) is -0.0584. The maximum atomic E-state index is 12.1. The molecule has 2 N–H and O–H groups in total. The number of benzene rings is 1. The minimum absolute atomic E-state index is 0.0584. The maximum Gasteiger partial charge on any atom is 0.390 e.